The molecule has 5 heteroatoms. The quantitative estimate of drug-likeness (QED) is 0.769. The lowest BCUT2D eigenvalue weighted by Crippen LogP contribution is -2.12. The van der Waals surface area contributed by atoms with Crippen molar-refractivity contribution in [3.63, 3.8) is 0 Å². The van der Waals surface area contributed by atoms with Gasteiger partial charge in [0.25, 0.3) is 5.91 Å². The number of amides is 1. The number of hydrogen-bond acceptors (Lipinski definition) is 4. The summed E-state index contributed by atoms with van der Waals surface area (Å²) in [4.78, 5) is 12.2. The topological polar surface area (TPSA) is 75.4 Å². The van der Waals surface area contributed by atoms with Gasteiger partial charge in [-0.25, -0.2) is 0 Å². The summed E-state index contributed by atoms with van der Waals surface area (Å²) in [6.45, 7) is 4.01. The third-order valence-electron chi connectivity index (χ3n) is 3.66. The van der Waals surface area contributed by atoms with Crippen LogP contribution in [0.3, 0.4) is 0 Å². The van der Waals surface area contributed by atoms with E-state index >= 15 is 0 Å². The van der Waals surface area contributed by atoms with Gasteiger partial charge < -0.3 is 14.9 Å². The number of rotatable bonds is 3. The molecule has 0 aliphatic rings. The zero-order valence-electron chi connectivity index (χ0n) is 12.8. The molecule has 0 unspecified atom stereocenters. The van der Waals surface area contributed by atoms with E-state index in [1.807, 2.05) is 32.0 Å². The molecule has 0 radical (unpaired) electrons. The summed E-state index contributed by atoms with van der Waals surface area (Å²) in [6.07, 6.45) is 0. The molecule has 5 nitrogen and oxygen atoms in total. The van der Waals surface area contributed by atoms with Crippen molar-refractivity contribution in [3.8, 4) is 17.1 Å². The number of anilines is 1. The summed E-state index contributed by atoms with van der Waals surface area (Å²) in [7, 11) is 0. The number of hydrogen-bond donors (Lipinski definition) is 2. The highest BCUT2D eigenvalue weighted by Gasteiger charge is 2.14. The normalized spacial score (nSPS) is 10.5. The Morgan fingerprint density at radius 2 is 1.78 bits per heavy atom. The van der Waals surface area contributed by atoms with Gasteiger partial charge >= 0.3 is 0 Å². The van der Waals surface area contributed by atoms with Gasteiger partial charge in [-0.15, -0.1) is 0 Å². The van der Waals surface area contributed by atoms with Gasteiger partial charge in [-0.2, -0.15) is 0 Å². The summed E-state index contributed by atoms with van der Waals surface area (Å²) in [6, 6.07) is 13.8. The molecule has 0 spiro atoms. The van der Waals surface area contributed by atoms with Gasteiger partial charge in [0, 0.05) is 17.3 Å². The number of nitrogens with one attached hydrogen (secondary N) is 1. The van der Waals surface area contributed by atoms with E-state index in [-0.39, 0.29) is 17.4 Å². The van der Waals surface area contributed by atoms with Crippen molar-refractivity contribution in [3.05, 3.63) is 65.4 Å². The average Bonchev–Trinajstić information content (AvgIpc) is 3.02. The fourth-order valence-corrected chi connectivity index (χ4v) is 2.16. The number of nitrogens with zero attached hydrogens (tertiary/aromatic N) is 1. The summed E-state index contributed by atoms with van der Waals surface area (Å²) in [5.74, 6) is 0.304. The molecular formula is C18H16N2O3. The summed E-state index contributed by atoms with van der Waals surface area (Å²) >= 11 is 0. The number of aromatic hydroxyl groups is 1. The highest BCUT2D eigenvalue weighted by molar-refractivity contribution is 6.03. The molecule has 2 aromatic carbocycles. The van der Waals surface area contributed by atoms with Crippen LogP contribution in [0.2, 0.25) is 0 Å². The van der Waals surface area contributed by atoms with Crippen LogP contribution in [0, 0.1) is 13.8 Å². The lowest BCUT2D eigenvalue weighted by Gasteiger charge is -2.05. The maximum Gasteiger partial charge on any atom is 0.277 e. The Morgan fingerprint density at radius 1 is 1.04 bits per heavy atom. The van der Waals surface area contributed by atoms with E-state index in [1.165, 1.54) is 5.56 Å². The Kier molecular flexibility index (Phi) is 3.85. The zero-order chi connectivity index (χ0) is 16.4. The zero-order valence-corrected chi connectivity index (χ0v) is 12.8. The maximum atomic E-state index is 12.2. The van der Waals surface area contributed by atoms with Crippen LogP contribution < -0.4 is 5.32 Å². The van der Waals surface area contributed by atoms with Crippen LogP contribution in [0.25, 0.3) is 11.3 Å². The molecular weight excluding hydrogens is 292 g/mol. The predicted molar refractivity (Wildman–Crippen MR) is 87.5 cm³/mol. The van der Waals surface area contributed by atoms with Crippen LogP contribution in [0.1, 0.15) is 21.6 Å². The summed E-state index contributed by atoms with van der Waals surface area (Å²) in [5, 5.41) is 15.9. The van der Waals surface area contributed by atoms with E-state index in [1.54, 1.807) is 30.3 Å². The van der Waals surface area contributed by atoms with Crippen LogP contribution >= 0.6 is 0 Å². The van der Waals surface area contributed by atoms with Crippen molar-refractivity contribution in [2.75, 3.05) is 5.32 Å². The Labute approximate surface area is 133 Å². The lowest BCUT2D eigenvalue weighted by atomic mass is 10.1. The van der Waals surface area contributed by atoms with Crippen molar-refractivity contribution in [2.45, 2.75) is 13.8 Å². The average molecular weight is 308 g/mol. The standard InChI is InChI=1S/C18H16N2O3/c1-11-3-6-14(9-12(11)2)19-18(22)16-10-17(23-20-16)13-4-7-15(21)8-5-13/h3-10,21H,1-2H3,(H,19,22). The molecule has 0 aliphatic heterocycles. The SMILES string of the molecule is Cc1ccc(NC(=O)c2cc(-c3ccc(O)cc3)on2)cc1C. The van der Waals surface area contributed by atoms with Gasteiger partial charge in [0.1, 0.15) is 5.75 Å². The molecule has 23 heavy (non-hydrogen) atoms. The van der Waals surface area contributed by atoms with Crippen LogP contribution in [0.15, 0.2) is 53.1 Å². The van der Waals surface area contributed by atoms with E-state index in [0.717, 1.165) is 11.1 Å². The van der Waals surface area contributed by atoms with Gasteiger partial charge in [-0.1, -0.05) is 11.2 Å². The Morgan fingerprint density at radius 3 is 2.48 bits per heavy atom. The molecule has 0 fully saturated rings. The Bertz CT molecular complexity index is 851. The Balaban J connectivity index is 1.78. The van der Waals surface area contributed by atoms with E-state index in [9.17, 15) is 9.90 Å². The third-order valence-corrected chi connectivity index (χ3v) is 3.66. The number of aryl methyl sites for hydroxylation is 2. The second-order valence-corrected chi connectivity index (χ2v) is 5.38. The first-order valence-electron chi connectivity index (χ1n) is 7.17. The van der Waals surface area contributed by atoms with Gasteiger partial charge in [0.15, 0.2) is 11.5 Å². The number of carbonyl (C=O) groups excluding carboxylic acids is 1. The highest BCUT2D eigenvalue weighted by atomic mass is 16.5. The summed E-state index contributed by atoms with van der Waals surface area (Å²) < 4.78 is 5.20. The Hall–Kier alpha value is -3.08. The molecule has 1 aromatic heterocycles. The molecule has 3 aromatic rings. The van der Waals surface area contributed by atoms with E-state index in [0.29, 0.717) is 11.4 Å². The van der Waals surface area contributed by atoms with Crippen LogP contribution in [-0.2, 0) is 0 Å². The van der Waals surface area contributed by atoms with Gasteiger partial charge in [0.05, 0.1) is 0 Å². The summed E-state index contributed by atoms with van der Waals surface area (Å²) in [5.41, 5.74) is 3.92. The first-order chi connectivity index (χ1) is 11.0. The van der Waals surface area contributed by atoms with Crippen molar-refractivity contribution in [2.24, 2.45) is 0 Å². The molecule has 0 bridgehead atoms. The molecule has 0 saturated carbocycles. The molecule has 0 atom stereocenters. The number of aromatic nitrogens is 1. The largest absolute Gasteiger partial charge is 0.508 e. The van der Waals surface area contributed by atoms with Gasteiger partial charge in [0.2, 0.25) is 0 Å². The minimum Gasteiger partial charge on any atom is -0.508 e. The first kappa shape index (κ1) is 14.8. The van der Waals surface area contributed by atoms with E-state index in [2.05, 4.69) is 10.5 Å². The fourth-order valence-electron chi connectivity index (χ4n) is 2.16. The molecule has 1 heterocycles. The molecule has 3 rings (SSSR count). The molecule has 0 saturated heterocycles. The number of phenols is 1. The van der Waals surface area contributed by atoms with Crippen LogP contribution in [0.4, 0.5) is 5.69 Å². The van der Waals surface area contributed by atoms with Gasteiger partial charge in [-0.3, -0.25) is 4.79 Å². The number of carbonyl (C=O) groups is 1. The minimum atomic E-state index is -0.331. The van der Waals surface area contributed by atoms with Gasteiger partial charge in [-0.05, 0) is 61.4 Å². The monoisotopic (exact) mass is 308 g/mol. The minimum absolute atomic E-state index is 0.168. The predicted octanol–water partition coefficient (Wildman–Crippen LogP) is 3.92. The second kappa shape index (κ2) is 5.96. The lowest BCUT2D eigenvalue weighted by molar-refractivity contribution is 0.101. The smallest absolute Gasteiger partial charge is 0.277 e. The van der Waals surface area contributed by atoms with E-state index < -0.39 is 0 Å². The molecule has 2 N–H and O–H groups in total. The van der Waals surface area contributed by atoms with E-state index in [4.69, 9.17) is 4.52 Å². The van der Waals surface area contributed by atoms with Crippen molar-refractivity contribution >= 4 is 11.6 Å². The van der Waals surface area contributed by atoms with Crippen LogP contribution in [0.5, 0.6) is 5.75 Å². The second-order valence-electron chi connectivity index (χ2n) is 5.38. The molecule has 0 aliphatic carbocycles. The van der Waals surface area contributed by atoms with Crippen molar-refractivity contribution in [1.82, 2.24) is 5.16 Å². The molecule has 1 amide bonds. The van der Waals surface area contributed by atoms with Crippen molar-refractivity contribution in [1.29, 1.82) is 0 Å². The molecule has 116 valence electrons. The fraction of sp³-hybridized carbons (Fsp3) is 0.111. The third kappa shape index (κ3) is 3.23. The number of benzene rings is 2. The maximum absolute atomic E-state index is 12.2. The first-order valence-corrected chi connectivity index (χ1v) is 7.17. The van der Waals surface area contributed by atoms with Crippen LogP contribution in [-0.4, -0.2) is 16.2 Å². The number of phenolic OH excluding ortho intramolecular Hbond substituents is 1. The highest BCUT2D eigenvalue weighted by Crippen LogP contribution is 2.23. The van der Waals surface area contributed by atoms with Crippen molar-refractivity contribution < 1.29 is 14.4 Å².